The van der Waals surface area contributed by atoms with Crippen molar-refractivity contribution in [3.63, 3.8) is 0 Å². The van der Waals surface area contributed by atoms with E-state index in [1.54, 1.807) is 31.2 Å². The van der Waals surface area contributed by atoms with Crippen LogP contribution in [-0.4, -0.2) is 16.0 Å². The molecule has 0 atom stereocenters. The van der Waals surface area contributed by atoms with Crippen molar-refractivity contribution in [1.29, 1.82) is 0 Å². The number of amides is 1. The number of carbonyl (C=O) groups excluding carboxylic acids is 1. The molecule has 0 aliphatic heterocycles. The molecule has 0 aliphatic rings. The maximum atomic E-state index is 10.9. The number of rotatable bonds is 4. The SMILES string of the molecule is Cc1noc(CNc2ccc(C(N)=O)cc2)n1. The number of nitrogens with zero attached hydrogens (tertiary/aromatic N) is 2. The Morgan fingerprint density at radius 3 is 2.65 bits per heavy atom. The summed E-state index contributed by atoms with van der Waals surface area (Å²) < 4.78 is 4.95. The molecule has 3 N–H and O–H groups in total. The van der Waals surface area contributed by atoms with Crippen LogP contribution in [0.3, 0.4) is 0 Å². The fraction of sp³-hybridized carbons (Fsp3) is 0.182. The molecule has 0 bridgehead atoms. The Kier molecular flexibility index (Phi) is 3.04. The topological polar surface area (TPSA) is 94.0 Å². The number of nitrogens with two attached hydrogens (primary N) is 1. The van der Waals surface area contributed by atoms with E-state index in [2.05, 4.69) is 15.5 Å². The minimum absolute atomic E-state index is 0.441. The van der Waals surface area contributed by atoms with Crippen LogP contribution < -0.4 is 11.1 Å². The first-order chi connectivity index (χ1) is 8.15. The van der Waals surface area contributed by atoms with Crippen LogP contribution in [0, 0.1) is 6.92 Å². The molecule has 2 aromatic rings. The molecule has 0 saturated carbocycles. The zero-order chi connectivity index (χ0) is 12.3. The predicted octanol–water partition coefficient (Wildman–Crippen LogP) is 1.09. The summed E-state index contributed by atoms with van der Waals surface area (Å²) in [5.41, 5.74) is 6.47. The van der Waals surface area contributed by atoms with E-state index in [0.29, 0.717) is 23.8 Å². The van der Waals surface area contributed by atoms with Crippen molar-refractivity contribution in [2.45, 2.75) is 13.5 Å². The lowest BCUT2D eigenvalue weighted by Crippen LogP contribution is -2.10. The summed E-state index contributed by atoms with van der Waals surface area (Å²) in [6.07, 6.45) is 0. The molecule has 0 saturated heterocycles. The average molecular weight is 232 g/mol. The summed E-state index contributed by atoms with van der Waals surface area (Å²) in [6.45, 7) is 2.20. The normalized spacial score (nSPS) is 10.2. The van der Waals surface area contributed by atoms with E-state index in [4.69, 9.17) is 10.3 Å². The molecule has 0 radical (unpaired) electrons. The standard InChI is InChI=1S/C11H12N4O2/c1-7-14-10(17-15-7)6-13-9-4-2-8(3-5-9)11(12)16/h2-5,13H,6H2,1H3,(H2,12,16). The van der Waals surface area contributed by atoms with E-state index < -0.39 is 5.91 Å². The van der Waals surface area contributed by atoms with Crippen molar-refractivity contribution in [1.82, 2.24) is 10.1 Å². The molecule has 17 heavy (non-hydrogen) atoms. The molecule has 88 valence electrons. The first-order valence-electron chi connectivity index (χ1n) is 5.08. The molecule has 1 aromatic heterocycles. The van der Waals surface area contributed by atoms with Crippen molar-refractivity contribution in [2.24, 2.45) is 5.73 Å². The number of primary amides is 1. The number of benzene rings is 1. The highest BCUT2D eigenvalue weighted by Crippen LogP contribution is 2.10. The number of aryl methyl sites for hydroxylation is 1. The molecule has 0 spiro atoms. The maximum Gasteiger partial charge on any atom is 0.248 e. The van der Waals surface area contributed by atoms with Crippen molar-refractivity contribution in [3.05, 3.63) is 41.5 Å². The minimum Gasteiger partial charge on any atom is -0.376 e. The van der Waals surface area contributed by atoms with E-state index >= 15 is 0 Å². The number of hydrogen-bond acceptors (Lipinski definition) is 5. The molecule has 1 aromatic carbocycles. The van der Waals surface area contributed by atoms with Crippen LogP contribution in [-0.2, 0) is 6.54 Å². The average Bonchev–Trinajstić information content (AvgIpc) is 2.73. The molecular formula is C11H12N4O2. The summed E-state index contributed by atoms with van der Waals surface area (Å²) >= 11 is 0. The van der Waals surface area contributed by atoms with E-state index in [1.807, 2.05) is 0 Å². The molecule has 0 unspecified atom stereocenters. The largest absolute Gasteiger partial charge is 0.376 e. The number of nitrogens with one attached hydrogen (secondary N) is 1. The van der Waals surface area contributed by atoms with Crippen LogP contribution >= 0.6 is 0 Å². The fourth-order valence-electron chi connectivity index (χ4n) is 1.34. The number of carbonyl (C=O) groups is 1. The van der Waals surface area contributed by atoms with Crippen LogP contribution in [0.5, 0.6) is 0 Å². The summed E-state index contributed by atoms with van der Waals surface area (Å²) in [7, 11) is 0. The van der Waals surface area contributed by atoms with Gasteiger partial charge in [-0.2, -0.15) is 4.98 Å². The van der Waals surface area contributed by atoms with Crippen LogP contribution in [0.15, 0.2) is 28.8 Å². The second kappa shape index (κ2) is 4.65. The predicted molar refractivity (Wildman–Crippen MR) is 61.3 cm³/mol. The molecule has 6 nitrogen and oxygen atoms in total. The monoisotopic (exact) mass is 232 g/mol. The van der Waals surface area contributed by atoms with Crippen LogP contribution in [0.1, 0.15) is 22.1 Å². The Labute approximate surface area is 97.8 Å². The van der Waals surface area contributed by atoms with Gasteiger partial charge < -0.3 is 15.6 Å². The lowest BCUT2D eigenvalue weighted by atomic mass is 10.2. The van der Waals surface area contributed by atoms with Gasteiger partial charge in [-0.3, -0.25) is 4.79 Å². The maximum absolute atomic E-state index is 10.9. The van der Waals surface area contributed by atoms with Gasteiger partial charge in [-0.25, -0.2) is 0 Å². The van der Waals surface area contributed by atoms with E-state index in [-0.39, 0.29) is 0 Å². The van der Waals surface area contributed by atoms with Gasteiger partial charge in [0.15, 0.2) is 5.82 Å². The van der Waals surface area contributed by atoms with Gasteiger partial charge in [0.1, 0.15) is 0 Å². The van der Waals surface area contributed by atoms with Crippen LogP contribution in [0.25, 0.3) is 0 Å². The molecular weight excluding hydrogens is 220 g/mol. The van der Waals surface area contributed by atoms with Gasteiger partial charge in [0.25, 0.3) is 0 Å². The van der Waals surface area contributed by atoms with Crippen molar-refractivity contribution >= 4 is 11.6 Å². The zero-order valence-electron chi connectivity index (χ0n) is 9.30. The van der Waals surface area contributed by atoms with E-state index in [9.17, 15) is 4.79 Å². The summed E-state index contributed by atoms with van der Waals surface area (Å²) in [5.74, 6) is 0.677. The second-order valence-corrected chi connectivity index (χ2v) is 3.53. The van der Waals surface area contributed by atoms with E-state index in [1.165, 1.54) is 0 Å². The third-order valence-corrected chi connectivity index (χ3v) is 2.18. The van der Waals surface area contributed by atoms with Gasteiger partial charge >= 0.3 is 0 Å². The third kappa shape index (κ3) is 2.81. The van der Waals surface area contributed by atoms with Crippen LogP contribution in [0.4, 0.5) is 5.69 Å². The molecule has 0 fully saturated rings. The van der Waals surface area contributed by atoms with Crippen molar-refractivity contribution in [2.75, 3.05) is 5.32 Å². The van der Waals surface area contributed by atoms with Gasteiger partial charge in [-0.05, 0) is 31.2 Å². The number of aromatic nitrogens is 2. The highest BCUT2D eigenvalue weighted by molar-refractivity contribution is 5.93. The summed E-state index contributed by atoms with van der Waals surface area (Å²) in [4.78, 5) is 14.9. The first-order valence-corrected chi connectivity index (χ1v) is 5.08. The van der Waals surface area contributed by atoms with Crippen molar-refractivity contribution in [3.8, 4) is 0 Å². The highest BCUT2D eigenvalue weighted by atomic mass is 16.5. The second-order valence-electron chi connectivity index (χ2n) is 3.53. The highest BCUT2D eigenvalue weighted by Gasteiger charge is 2.03. The zero-order valence-corrected chi connectivity index (χ0v) is 9.30. The molecule has 1 heterocycles. The molecule has 2 rings (SSSR count). The van der Waals surface area contributed by atoms with Crippen LogP contribution in [0.2, 0.25) is 0 Å². The number of anilines is 1. The quantitative estimate of drug-likeness (QED) is 0.822. The number of hydrogen-bond donors (Lipinski definition) is 2. The smallest absolute Gasteiger partial charge is 0.248 e. The van der Waals surface area contributed by atoms with E-state index in [0.717, 1.165) is 5.69 Å². The summed E-state index contributed by atoms with van der Waals surface area (Å²) in [6, 6.07) is 6.85. The fourth-order valence-corrected chi connectivity index (χ4v) is 1.34. The molecule has 1 amide bonds. The Morgan fingerprint density at radius 2 is 2.12 bits per heavy atom. The van der Waals surface area contributed by atoms with Crippen molar-refractivity contribution < 1.29 is 9.32 Å². The van der Waals surface area contributed by atoms with Gasteiger partial charge in [0, 0.05) is 11.3 Å². The first kappa shape index (κ1) is 11.1. The Morgan fingerprint density at radius 1 is 1.41 bits per heavy atom. The van der Waals surface area contributed by atoms with Gasteiger partial charge in [-0.15, -0.1) is 0 Å². The summed E-state index contributed by atoms with van der Waals surface area (Å²) in [5, 5.41) is 6.77. The lowest BCUT2D eigenvalue weighted by molar-refractivity contribution is 0.100. The Bertz CT molecular complexity index is 519. The van der Waals surface area contributed by atoms with Gasteiger partial charge in [-0.1, -0.05) is 5.16 Å². The third-order valence-electron chi connectivity index (χ3n) is 2.18. The Hall–Kier alpha value is -2.37. The van der Waals surface area contributed by atoms with Gasteiger partial charge in [0.2, 0.25) is 11.8 Å². The lowest BCUT2D eigenvalue weighted by Gasteiger charge is -2.03. The Balaban J connectivity index is 1.97. The molecule has 6 heteroatoms. The minimum atomic E-state index is -0.441. The van der Waals surface area contributed by atoms with Gasteiger partial charge in [0.05, 0.1) is 6.54 Å². The molecule has 0 aliphatic carbocycles.